The lowest BCUT2D eigenvalue weighted by molar-refractivity contribution is 0.0818. The highest BCUT2D eigenvalue weighted by atomic mass is 16.5. The summed E-state index contributed by atoms with van der Waals surface area (Å²) in [5, 5.41) is 0. The summed E-state index contributed by atoms with van der Waals surface area (Å²) < 4.78 is 5.30. The maximum Gasteiger partial charge on any atom is 0.268 e. The van der Waals surface area contributed by atoms with Crippen LogP contribution in [-0.2, 0) is 4.74 Å². The van der Waals surface area contributed by atoms with Gasteiger partial charge in [-0.25, -0.2) is 9.97 Å². The fourth-order valence-electron chi connectivity index (χ4n) is 1.93. The molecule has 0 radical (unpaired) electrons. The molecule has 6 heteroatoms. The van der Waals surface area contributed by atoms with Crippen molar-refractivity contribution in [2.75, 3.05) is 25.1 Å². The number of methoxy groups -OCH3 is 1. The lowest BCUT2D eigenvalue weighted by Gasteiger charge is -2.31. The predicted octanol–water partition coefficient (Wildman–Crippen LogP) is 0.191. The van der Waals surface area contributed by atoms with Crippen molar-refractivity contribution in [3.63, 3.8) is 0 Å². The minimum Gasteiger partial charge on any atom is -0.381 e. The van der Waals surface area contributed by atoms with Crippen molar-refractivity contribution in [1.82, 2.24) is 9.97 Å². The summed E-state index contributed by atoms with van der Waals surface area (Å²) in [7, 11) is 1.74. The molecule has 6 nitrogen and oxygen atoms in total. The highest BCUT2D eigenvalue weighted by Gasteiger charge is 2.19. The second-order valence-electron chi connectivity index (χ2n) is 4.05. The number of hydrogen-bond acceptors (Lipinski definition) is 5. The van der Waals surface area contributed by atoms with Crippen LogP contribution < -0.4 is 10.6 Å². The van der Waals surface area contributed by atoms with Crippen LogP contribution >= 0.6 is 0 Å². The van der Waals surface area contributed by atoms with E-state index in [2.05, 4.69) is 14.9 Å². The number of hydrogen-bond donors (Lipinski definition) is 1. The number of amides is 1. The second kappa shape index (κ2) is 5.09. The Balaban J connectivity index is 2.01. The number of rotatable bonds is 3. The van der Waals surface area contributed by atoms with E-state index in [0.717, 1.165) is 31.7 Å². The first-order valence-corrected chi connectivity index (χ1v) is 5.60. The van der Waals surface area contributed by atoms with Crippen LogP contribution in [0.2, 0.25) is 0 Å². The van der Waals surface area contributed by atoms with Gasteiger partial charge in [-0.05, 0) is 12.8 Å². The van der Waals surface area contributed by atoms with Gasteiger partial charge in [-0.15, -0.1) is 0 Å². The second-order valence-corrected chi connectivity index (χ2v) is 4.05. The maximum absolute atomic E-state index is 10.9. The number of carbonyl (C=O) groups excluding carboxylic acids is 1. The van der Waals surface area contributed by atoms with Gasteiger partial charge in [0.05, 0.1) is 18.5 Å². The standard InChI is InChI=1S/C11H16N4O2/c1-17-8-2-4-15(5-3-8)10-7-13-9(6-14-10)11(12)16/h6-8H,2-5H2,1H3,(H2,12,16). The summed E-state index contributed by atoms with van der Waals surface area (Å²) in [4.78, 5) is 21.2. The largest absolute Gasteiger partial charge is 0.381 e. The highest BCUT2D eigenvalue weighted by molar-refractivity contribution is 5.90. The lowest BCUT2D eigenvalue weighted by atomic mass is 10.1. The zero-order valence-corrected chi connectivity index (χ0v) is 9.80. The normalized spacial score (nSPS) is 17.1. The van der Waals surface area contributed by atoms with Gasteiger partial charge < -0.3 is 15.4 Å². The van der Waals surface area contributed by atoms with Crippen molar-refractivity contribution < 1.29 is 9.53 Å². The van der Waals surface area contributed by atoms with Gasteiger partial charge in [0, 0.05) is 20.2 Å². The van der Waals surface area contributed by atoms with Crippen molar-refractivity contribution in [1.29, 1.82) is 0 Å². The van der Waals surface area contributed by atoms with E-state index in [1.807, 2.05) is 0 Å². The van der Waals surface area contributed by atoms with Gasteiger partial charge in [0.2, 0.25) is 0 Å². The van der Waals surface area contributed by atoms with Gasteiger partial charge in [0.1, 0.15) is 11.5 Å². The molecule has 1 aliphatic heterocycles. The molecule has 0 unspecified atom stereocenters. The van der Waals surface area contributed by atoms with Crippen LogP contribution in [0.4, 0.5) is 5.82 Å². The molecule has 1 aliphatic rings. The maximum atomic E-state index is 10.9. The molecule has 0 bridgehead atoms. The van der Waals surface area contributed by atoms with Gasteiger partial charge in [-0.1, -0.05) is 0 Å². The van der Waals surface area contributed by atoms with Crippen molar-refractivity contribution in [2.24, 2.45) is 5.73 Å². The topological polar surface area (TPSA) is 81.3 Å². The third kappa shape index (κ3) is 2.71. The third-order valence-electron chi connectivity index (χ3n) is 2.99. The molecule has 0 atom stereocenters. The Bertz CT molecular complexity index is 385. The molecule has 1 aromatic heterocycles. The number of anilines is 1. The molecule has 0 aliphatic carbocycles. The number of aromatic nitrogens is 2. The van der Waals surface area contributed by atoms with E-state index < -0.39 is 5.91 Å². The molecule has 1 saturated heterocycles. The zero-order valence-electron chi connectivity index (χ0n) is 9.80. The Morgan fingerprint density at radius 1 is 1.41 bits per heavy atom. The Morgan fingerprint density at radius 3 is 2.59 bits per heavy atom. The van der Waals surface area contributed by atoms with Crippen LogP contribution in [-0.4, -0.2) is 42.2 Å². The van der Waals surface area contributed by atoms with Crippen molar-refractivity contribution in [3.8, 4) is 0 Å². The Kier molecular flexibility index (Phi) is 3.53. The molecule has 2 N–H and O–H groups in total. The van der Waals surface area contributed by atoms with Crippen LogP contribution in [0.3, 0.4) is 0 Å². The summed E-state index contributed by atoms with van der Waals surface area (Å²) in [6, 6.07) is 0. The van der Waals surface area contributed by atoms with Crippen LogP contribution in [0, 0.1) is 0 Å². The summed E-state index contributed by atoms with van der Waals surface area (Å²) in [6.07, 6.45) is 5.31. The Hall–Kier alpha value is -1.69. The number of piperidine rings is 1. The molecule has 0 aromatic carbocycles. The van der Waals surface area contributed by atoms with Crippen LogP contribution in [0.25, 0.3) is 0 Å². The van der Waals surface area contributed by atoms with E-state index in [-0.39, 0.29) is 5.69 Å². The molecule has 2 rings (SSSR count). The van der Waals surface area contributed by atoms with Crippen LogP contribution in [0.15, 0.2) is 12.4 Å². The predicted molar refractivity (Wildman–Crippen MR) is 62.8 cm³/mol. The first-order chi connectivity index (χ1) is 8.20. The molecule has 0 saturated carbocycles. The lowest BCUT2D eigenvalue weighted by Crippen LogP contribution is -2.37. The smallest absolute Gasteiger partial charge is 0.268 e. The van der Waals surface area contributed by atoms with E-state index in [4.69, 9.17) is 10.5 Å². The molecular formula is C11H16N4O2. The minimum atomic E-state index is -0.554. The van der Waals surface area contributed by atoms with Gasteiger partial charge in [-0.3, -0.25) is 4.79 Å². The number of primary amides is 1. The van der Waals surface area contributed by atoms with Crippen molar-refractivity contribution in [3.05, 3.63) is 18.1 Å². The SMILES string of the molecule is COC1CCN(c2cnc(C(N)=O)cn2)CC1. The van der Waals surface area contributed by atoms with E-state index in [1.165, 1.54) is 6.20 Å². The van der Waals surface area contributed by atoms with E-state index >= 15 is 0 Å². The summed E-state index contributed by atoms with van der Waals surface area (Å²) in [5.74, 6) is 0.228. The molecular weight excluding hydrogens is 220 g/mol. The molecule has 17 heavy (non-hydrogen) atoms. The monoisotopic (exact) mass is 236 g/mol. The van der Waals surface area contributed by atoms with Gasteiger partial charge in [0.25, 0.3) is 5.91 Å². The number of ether oxygens (including phenoxy) is 1. The van der Waals surface area contributed by atoms with Gasteiger partial charge in [0.15, 0.2) is 0 Å². The van der Waals surface area contributed by atoms with E-state index in [9.17, 15) is 4.79 Å². The molecule has 1 amide bonds. The van der Waals surface area contributed by atoms with Crippen LogP contribution in [0.1, 0.15) is 23.3 Å². The average molecular weight is 236 g/mol. The number of nitrogens with zero attached hydrogens (tertiary/aromatic N) is 3. The van der Waals surface area contributed by atoms with Crippen molar-refractivity contribution in [2.45, 2.75) is 18.9 Å². The number of carbonyl (C=O) groups is 1. The quantitative estimate of drug-likeness (QED) is 0.810. The molecule has 2 heterocycles. The third-order valence-corrected chi connectivity index (χ3v) is 2.99. The first-order valence-electron chi connectivity index (χ1n) is 5.60. The summed E-state index contributed by atoms with van der Waals surface area (Å²) in [5.41, 5.74) is 5.30. The fraction of sp³-hybridized carbons (Fsp3) is 0.545. The minimum absolute atomic E-state index is 0.195. The summed E-state index contributed by atoms with van der Waals surface area (Å²) >= 11 is 0. The van der Waals surface area contributed by atoms with Crippen molar-refractivity contribution >= 4 is 11.7 Å². The van der Waals surface area contributed by atoms with E-state index in [1.54, 1.807) is 13.3 Å². The first kappa shape index (κ1) is 11.8. The summed E-state index contributed by atoms with van der Waals surface area (Å²) in [6.45, 7) is 1.78. The molecule has 92 valence electrons. The van der Waals surface area contributed by atoms with Crippen LogP contribution in [0.5, 0.6) is 0 Å². The van der Waals surface area contributed by atoms with Gasteiger partial charge >= 0.3 is 0 Å². The van der Waals surface area contributed by atoms with Gasteiger partial charge in [-0.2, -0.15) is 0 Å². The molecule has 1 aromatic rings. The Labute approximate surface area is 99.8 Å². The molecule has 1 fully saturated rings. The number of nitrogens with two attached hydrogens (primary N) is 1. The average Bonchev–Trinajstić information content (AvgIpc) is 2.39. The zero-order chi connectivity index (χ0) is 12.3. The highest BCUT2D eigenvalue weighted by Crippen LogP contribution is 2.18. The van der Waals surface area contributed by atoms with E-state index in [0.29, 0.717) is 6.10 Å². The Morgan fingerprint density at radius 2 is 2.12 bits per heavy atom. The molecule has 0 spiro atoms. The fourth-order valence-corrected chi connectivity index (χ4v) is 1.93.